The van der Waals surface area contributed by atoms with Gasteiger partial charge in [0.15, 0.2) is 5.82 Å². The second-order valence-corrected chi connectivity index (χ2v) is 5.21. The van der Waals surface area contributed by atoms with Crippen molar-refractivity contribution in [2.45, 2.75) is 27.0 Å². The first-order valence-corrected chi connectivity index (χ1v) is 6.67. The largest absolute Gasteiger partial charge is 0.484 e. The fraction of sp³-hybridized carbons (Fsp3) is 0.357. The van der Waals surface area contributed by atoms with Crippen LogP contribution in [0.3, 0.4) is 0 Å². The molecule has 0 aliphatic rings. The standard InChI is InChI=1S/C14H15ClN4O/c1-10(2)7-19-14(17-9-18-19)8-20-13-4-3-11(6-16)5-12(13)15/h3-5,9-10H,7-8H2,1-2H3. The molecule has 5 nitrogen and oxygen atoms in total. The molecule has 0 saturated heterocycles. The molecule has 0 N–H and O–H groups in total. The lowest BCUT2D eigenvalue weighted by Gasteiger charge is -2.10. The minimum atomic E-state index is 0.290. The molecule has 1 heterocycles. The van der Waals surface area contributed by atoms with E-state index < -0.39 is 0 Å². The maximum atomic E-state index is 8.78. The van der Waals surface area contributed by atoms with Crippen LogP contribution in [0.4, 0.5) is 0 Å². The molecule has 2 aromatic rings. The van der Waals surface area contributed by atoms with E-state index in [-0.39, 0.29) is 0 Å². The van der Waals surface area contributed by atoms with E-state index in [2.05, 4.69) is 23.9 Å². The van der Waals surface area contributed by atoms with Gasteiger partial charge in [-0.1, -0.05) is 25.4 Å². The van der Waals surface area contributed by atoms with Crippen LogP contribution in [0.5, 0.6) is 5.75 Å². The predicted octanol–water partition coefficient (Wildman–Crippen LogP) is 3.04. The molecular weight excluding hydrogens is 276 g/mol. The fourth-order valence-electron chi connectivity index (χ4n) is 1.73. The topological polar surface area (TPSA) is 63.7 Å². The summed E-state index contributed by atoms with van der Waals surface area (Å²) < 4.78 is 7.46. The molecule has 1 aromatic heterocycles. The Hall–Kier alpha value is -2.06. The van der Waals surface area contributed by atoms with Gasteiger partial charge in [0.25, 0.3) is 0 Å². The van der Waals surface area contributed by atoms with Crippen LogP contribution >= 0.6 is 11.6 Å². The molecule has 0 saturated carbocycles. The van der Waals surface area contributed by atoms with Gasteiger partial charge >= 0.3 is 0 Å². The highest BCUT2D eigenvalue weighted by molar-refractivity contribution is 6.32. The molecule has 0 radical (unpaired) electrons. The minimum Gasteiger partial charge on any atom is -0.484 e. The summed E-state index contributed by atoms with van der Waals surface area (Å²) >= 11 is 6.05. The number of hydrogen-bond acceptors (Lipinski definition) is 4. The van der Waals surface area contributed by atoms with Crippen LogP contribution < -0.4 is 4.74 Å². The van der Waals surface area contributed by atoms with E-state index >= 15 is 0 Å². The maximum Gasteiger partial charge on any atom is 0.164 e. The van der Waals surface area contributed by atoms with Crippen LogP contribution in [-0.4, -0.2) is 14.8 Å². The summed E-state index contributed by atoms with van der Waals surface area (Å²) in [5, 5.41) is 13.4. The van der Waals surface area contributed by atoms with Crippen molar-refractivity contribution in [3.8, 4) is 11.8 Å². The Labute approximate surface area is 122 Å². The van der Waals surface area contributed by atoms with Gasteiger partial charge in [-0.05, 0) is 24.1 Å². The van der Waals surface area contributed by atoms with Crippen LogP contribution in [0.15, 0.2) is 24.5 Å². The number of benzene rings is 1. The normalized spacial score (nSPS) is 10.6. The number of hydrogen-bond donors (Lipinski definition) is 0. The van der Waals surface area contributed by atoms with Crippen molar-refractivity contribution in [3.05, 3.63) is 40.9 Å². The minimum absolute atomic E-state index is 0.290. The van der Waals surface area contributed by atoms with E-state index in [1.165, 1.54) is 6.33 Å². The van der Waals surface area contributed by atoms with E-state index in [0.717, 1.165) is 12.4 Å². The Kier molecular flexibility index (Phi) is 4.59. The number of ether oxygens (including phenoxy) is 1. The number of nitrogens with zero attached hydrogens (tertiary/aromatic N) is 4. The van der Waals surface area contributed by atoms with Gasteiger partial charge in [0.1, 0.15) is 18.7 Å². The van der Waals surface area contributed by atoms with Crippen LogP contribution in [0.1, 0.15) is 25.2 Å². The van der Waals surface area contributed by atoms with Crippen LogP contribution in [0.25, 0.3) is 0 Å². The zero-order valence-electron chi connectivity index (χ0n) is 11.4. The van der Waals surface area contributed by atoms with Gasteiger partial charge in [0.05, 0.1) is 16.7 Å². The Morgan fingerprint density at radius 2 is 2.25 bits per heavy atom. The molecule has 0 unspecified atom stereocenters. The molecule has 0 atom stereocenters. The van der Waals surface area contributed by atoms with E-state index in [0.29, 0.717) is 28.9 Å². The number of rotatable bonds is 5. The van der Waals surface area contributed by atoms with Crippen molar-refractivity contribution < 1.29 is 4.74 Å². The Balaban J connectivity index is 2.06. The third kappa shape index (κ3) is 3.49. The third-order valence-corrected chi connectivity index (χ3v) is 2.95. The van der Waals surface area contributed by atoms with Crippen molar-refractivity contribution in [3.63, 3.8) is 0 Å². The summed E-state index contributed by atoms with van der Waals surface area (Å²) in [4.78, 5) is 4.18. The Bertz CT molecular complexity index is 630. The predicted molar refractivity (Wildman–Crippen MR) is 75.4 cm³/mol. The maximum absolute atomic E-state index is 8.78. The van der Waals surface area contributed by atoms with Gasteiger partial charge in [0, 0.05) is 6.54 Å². The van der Waals surface area contributed by atoms with Gasteiger partial charge in [-0.2, -0.15) is 10.4 Å². The van der Waals surface area contributed by atoms with E-state index in [1.54, 1.807) is 18.2 Å². The number of nitriles is 1. The molecule has 0 aliphatic heterocycles. The number of aromatic nitrogens is 3. The van der Waals surface area contributed by atoms with Crippen molar-refractivity contribution in [2.24, 2.45) is 5.92 Å². The molecule has 0 amide bonds. The molecule has 2 rings (SSSR count). The second kappa shape index (κ2) is 6.40. The second-order valence-electron chi connectivity index (χ2n) is 4.80. The lowest BCUT2D eigenvalue weighted by atomic mass is 10.2. The molecule has 0 spiro atoms. The van der Waals surface area contributed by atoms with Crippen molar-refractivity contribution in [1.82, 2.24) is 14.8 Å². The zero-order chi connectivity index (χ0) is 14.5. The summed E-state index contributed by atoms with van der Waals surface area (Å²) in [6.07, 6.45) is 1.52. The SMILES string of the molecule is CC(C)Cn1ncnc1COc1ccc(C#N)cc1Cl. The smallest absolute Gasteiger partial charge is 0.164 e. The lowest BCUT2D eigenvalue weighted by Crippen LogP contribution is -2.12. The molecule has 0 bridgehead atoms. The van der Waals surface area contributed by atoms with E-state index in [4.69, 9.17) is 21.6 Å². The Morgan fingerprint density at radius 1 is 1.45 bits per heavy atom. The lowest BCUT2D eigenvalue weighted by molar-refractivity contribution is 0.283. The third-order valence-electron chi connectivity index (χ3n) is 2.65. The molecule has 104 valence electrons. The van der Waals surface area contributed by atoms with Gasteiger partial charge in [-0.25, -0.2) is 9.67 Å². The van der Waals surface area contributed by atoms with E-state index in [1.807, 2.05) is 10.8 Å². The summed E-state index contributed by atoms with van der Waals surface area (Å²) in [6, 6.07) is 6.96. The van der Waals surface area contributed by atoms with Gasteiger partial charge < -0.3 is 4.74 Å². The van der Waals surface area contributed by atoms with Gasteiger partial charge in [-0.15, -0.1) is 0 Å². The zero-order valence-corrected chi connectivity index (χ0v) is 12.1. The molecule has 0 fully saturated rings. The molecule has 6 heteroatoms. The van der Waals surface area contributed by atoms with Crippen LogP contribution in [0, 0.1) is 17.2 Å². The summed E-state index contributed by atoms with van der Waals surface area (Å²) in [7, 11) is 0. The monoisotopic (exact) mass is 290 g/mol. The first-order chi connectivity index (χ1) is 9.60. The molecule has 1 aromatic carbocycles. The first kappa shape index (κ1) is 14.4. The van der Waals surface area contributed by atoms with Gasteiger partial charge in [0.2, 0.25) is 0 Å². The average Bonchev–Trinajstić information content (AvgIpc) is 2.83. The van der Waals surface area contributed by atoms with Crippen molar-refractivity contribution >= 4 is 11.6 Å². The summed E-state index contributed by atoms with van der Waals surface area (Å²) in [5.41, 5.74) is 0.505. The quantitative estimate of drug-likeness (QED) is 0.849. The van der Waals surface area contributed by atoms with Crippen LogP contribution in [-0.2, 0) is 13.2 Å². The molecule has 20 heavy (non-hydrogen) atoms. The van der Waals surface area contributed by atoms with Crippen molar-refractivity contribution in [2.75, 3.05) is 0 Å². The van der Waals surface area contributed by atoms with Gasteiger partial charge in [-0.3, -0.25) is 0 Å². The molecule has 0 aliphatic carbocycles. The first-order valence-electron chi connectivity index (χ1n) is 6.29. The summed E-state index contributed by atoms with van der Waals surface area (Å²) in [5.74, 6) is 1.76. The number of halogens is 1. The highest BCUT2D eigenvalue weighted by Gasteiger charge is 2.09. The highest BCUT2D eigenvalue weighted by Crippen LogP contribution is 2.25. The van der Waals surface area contributed by atoms with E-state index in [9.17, 15) is 0 Å². The Morgan fingerprint density at radius 3 is 2.90 bits per heavy atom. The fourth-order valence-corrected chi connectivity index (χ4v) is 1.96. The summed E-state index contributed by atoms with van der Waals surface area (Å²) in [6.45, 7) is 5.31. The average molecular weight is 291 g/mol. The van der Waals surface area contributed by atoms with Crippen molar-refractivity contribution in [1.29, 1.82) is 5.26 Å². The highest BCUT2D eigenvalue weighted by atomic mass is 35.5. The van der Waals surface area contributed by atoms with Crippen LogP contribution in [0.2, 0.25) is 5.02 Å². The molecular formula is C14H15ClN4O.